The molecule has 148 valence electrons. The Kier molecular flexibility index (Phi) is 5.92. The van der Waals surface area contributed by atoms with E-state index in [9.17, 15) is 4.79 Å². The van der Waals surface area contributed by atoms with Gasteiger partial charge in [-0.05, 0) is 53.9 Å². The molecule has 4 rings (SSSR count). The van der Waals surface area contributed by atoms with Gasteiger partial charge in [0.1, 0.15) is 5.75 Å². The molecule has 4 heteroatoms. The van der Waals surface area contributed by atoms with E-state index in [4.69, 9.17) is 4.74 Å². The van der Waals surface area contributed by atoms with Crippen molar-refractivity contribution >= 4 is 11.6 Å². The molecular weight excluding hydrogens is 360 g/mol. The van der Waals surface area contributed by atoms with Gasteiger partial charge in [0.2, 0.25) is 0 Å². The van der Waals surface area contributed by atoms with Crippen LogP contribution in [0.15, 0.2) is 78.9 Å². The molecular formula is C25H26N2O2. The van der Waals surface area contributed by atoms with Crippen molar-refractivity contribution in [3.63, 3.8) is 0 Å². The molecule has 0 bridgehead atoms. The van der Waals surface area contributed by atoms with Crippen molar-refractivity contribution < 1.29 is 9.53 Å². The van der Waals surface area contributed by atoms with Gasteiger partial charge in [-0.25, -0.2) is 0 Å². The summed E-state index contributed by atoms with van der Waals surface area (Å²) in [5.41, 5.74) is 4.68. The van der Waals surface area contributed by atoms with E-state index in [1.165, 1.54) is 16.7 Å². The Labute approximate surface area is 172 Å². The monoisotopic (exact) mass is 386 g/mol. The van der Waals surface area contributed by atoms with Gasteiger partial charge in [0, 0.05) is 12.2 Å². The second-order valence-corrected chi connectivity index (χ2v) is 7.26. The molecule has 1 aliphatic rings. The summed E-state index contributed by atoms with van der Waals surface area (Å²) in [6.45, 7) is 4.22. The number of likely N-dealkylation sites (N-methyl/N-ethyl adjacent to an activating group) is 1. The smallest absolute Gasteiger partial charge is 0.262 e. The van der Waals surface area contributed by atoms with Crippen molar-refractivity contribution in [2.45, 2.75) is 19.4 Å². The van der Waals surface area contributed by atoms with E-state index in [1.807, 2.05) is 36.4 Å². The standard InChI is InChI=1S/C25H26N2O2/c1-2-27-16-15-19-13-14-22(17-23(19)25(27)20-9-5-3-6-10-20)29-18-24(28)26-21-11-7-4-8-12-21/h3-14,17,25H,2,15-16,18H2,1H3,(H,26,28)/t25-/m1/s1. The van der Waals surface area contributed by atoms with Crippen LogP contribution in [0.3, 0.4) is 0 Å². The van der Waals surface area contributed by atoms with E-state index in [2.05, 4.69) is 59.6 Å². The molecule has 0 unspecified atom stereocenters. The average Bonchev–Trinajstić information content (AvgIpc) is 2.78. The van der Waals surface area contributed by atoms with Crippen LogP contribution in [0.5, 0.6) is 5.75 Å². The van der Waals surface area contributed by atoms with Gasteiger partial charge >= 0.3 is 0 Å². The zero-order chi connectivity index (χ0) is 20.1. The third kappa shape index (κ3) is 4.49. The highest BCUT2D eigenvalue weighted by Gasteiger charge is 2.28. The van der Waals surface area contributed by atoms with Crippen LogP contribution < -0.4 is 10.1 Å². The number of para-hydroxylation sites is 1. The zero-order valence-electron chi connectivity index (χ0n) is 16.7. The Morgan fingerprint density at radius 2 is 1.76 bits per heavy atom. The molecule has 29 heavy (non-hydrogen) atoms. The zero-order valence-corrected chi connectivity index (χ0v) is 16.7. The van der Waals surface area contributed by atoms with Gasteiger partial charge in [-0.1, -0.05) is 61.5 Å². The van der Waals surface area contributed by atoms with E-state index in [1.54, 1.807) is 0 Å². The summed E-state index contributed by atoms with van der Waals surface area (Å²) in [7, 11) is 0. The minimum atomic E-state index is -0.163. The van der Waals surface area contributed by atoms with Crippen molar-refractivity contribution in [1.82, 2.24) is 4.90 Å². The Balaban J connectivity index is 1.51. The fraction of sp³-hybridized carbons (Fsp3) is 0.240. The van der Waals surface area contributed by atoms with Crippen LogP contribution in [0.2, 0.25) is 0 Å². The van der Waals surface area contributed by atoms with Crippen molar-refractivity contribution in [3.8, 4) is 5.75 Å². The highest BCUT2D eigenvalue weighted by molar-refractivity contribution is 5.91. The maximum atomic E-state index is 12.2. The van der Waals surface area contributed by atoms with Crippen LogP contribution in [0, 0.1) is 0 Å². The molecule has 0 saturated carbocycles. The molecule has 1 amide bonds. The van der Waals surface area contributed by atoms with Crippen LogP contribution in [-0.4, -0.2) is 30.5 Å². The molecule has 0 fully saturated rings. The molecule has 0 saturated heterocycles. The quantitative estimate of drug-likeness (QED) is 0.669. The first-order valence-corrected chi connectivity index (χ1v) is 10.1. The number of amides is 1. The number of rotatable bonds is 6. The molecule has 1 N–H and O–H groups in total. The lowest BCUT2D eigenvalue weighted by Crippen LogP contribution is -2.35. The molecule has 0 radical (unpaired) electrons. The Morgan fingerprint density at radius 1 is 1.03 bits per heavy atom. The molecule has 4 nitrogen and oxygen atoms in total. The fourth-order valence-electron chi connectivity index (χ4n) is 3.97. The lowest BCUT2D eigenvalue weighted by molar-refractivity contribution is -0.118. The van der Waals surface area contributed by atoms with Crippen LogP contribution >= 0.6 is 0 Å². The summed E-state index contributed by atoms with van der Waals surface area (Å²) >= 11 is 0. The number of carbonyl (C=O) groups excluding carboxylic acids is 1. The van der Waals surface area contributed by atoms with E-state index < -0.39 is 0 Å². The van der Waals surface area contributed by atoms with Crippen molar-refractivity contribution in [1.29, 1.82) is 0 Å². The average molecular weight is 386 g/mol. The first-order valence-electron chi connectivity index (χ1n) is 10.1. The van der Waals surface area contributed by atoms with E-state index in [0.717, 1.165) is 30.9 Å². The third-order valence-electron chi connectivity index (χ3n) is 5.39. The second kappa shape index (κ2) is 8.93. The topological polar surface area (TPSA) is 41.6 Å². The van der Waals surface area contributed by atoms with Crippen LogP contribution in [-0.2, 0) is 11.2 Å². The van der Waals surface area contributed by atoms with Gasteiger partial charge in [-0.15, -0.1) is 0 Å². The number of nitrogens with one attached hydrogen (secondary N) is 1. The third-order valence-corrected chi connectivity index (χ3v) is 5.39. The first-order chi connectivity index (χ1) is 14.2. The second-order valence-electron chi connectivity index (χ2n) is 7.26. The number of ether oxygens (including phenoxy) is 1. The number of benzene rings is 3. The maximum Gasteiger partial charge on any atom is 0.262 e. The number of carbonyl (C=O) groups is 1. The van der Waals surface area contributed by atoms with Crippen LogP contribution in [0.1, 0.15) is 29.7 Å². The summed E-state index contributed by atoms with van der Waals surface area (Å²) in [5, 5.41) is 2.85. The van der Waals surface area contributed by atoms with Gasteiger partial charge in [0.05, 0.1) is 6.04 Å². The maximum absolute atomic E-state index is 12.2. The Hall–Kier alpha value is -3.11. The van der Waals surface area contributed by atoms with Gasteiger partial charge in [-0.2, -0.15) is 0 Å². The minimum Gasteiger partial charge on any atom is -0.484 e. The van der Waals surface area contributed by atoms with E-state index in [-0.39, 0.29) is 18.6 Å². The summed E-state index contributed by atoms with van der Waals surface area (Å²) in [5.74, 6) is 0.564. The Bertz CT molecular complexity index is 957. The van der Waals surface area contributed by atoms with Crippen LogP contribution in [0.25, 0.3) is 0 Å². The van der Waals surface area contributed by atoms with E-state index in [0.29, 0.717) is 0 Å². The number of fused-ring (bicyclic) bond motifs is 1. The largest absolute Gasteiger partial charge is 0.484 e. The summed E-state index contributed by atoms with van der Waals surface area (Å²) < 4.78 is 5.83. The number of nitrogens with zero attached hydrogens (tertiary/aromatic N) is 1. The van der Waals surface area contributed by atoms with Gasteiger partial charge in [0.15, 0.2) is 6.61 Å². The lowest BCUT2D eigenvalue weighted by Gasteiger charge is -2.37. The molecule has 1 aliphatic heterocycles. The van der Waals surface area contributed by atoms with Crippen molar-refractivity contribution in [2.75, 3.05) is 25.0 Å². The fourth-order valence-corrected chi connectivity index (χ4v) is 3.97. The molecule has 1 heterocycles. The highest BCUT2D eigenvalue weighted by Crippen LogP contribution is 2.36. The molecule has 0 spiro atoms. The van der Waals surface area contributed by atoms with Gasteiger partial charge in [-0.3, -0.25) is 9.69 Å². The molecule has 0 aliphatic carbocycles. The van der Waals surface area contributed by atoms with Crippen LogP contribution in [0.4, 0.5) is 5.69 Å². The van der Waals surface area contributed by atoms with Gasteiger partial charge in [0.25, 0.3) is 5.91 Å². The number of hydrogen-bond donors (Lipinski definition) is 1. The summed E-state index contributed by atoms with van der Waals surface area (Å²) in [4.78, 5) is 14.7. The van der Waals surface area contributed by atoms with Crippen molar-refractivity contribution in [3.05, 3.63) is 95.6 Å². The predicted octanol–water partition coefficient (Wildman–Crippen LogP) is 4.67. The summed E-state index contributed by atoms with van der Waals surface area (Å²) in [6.07, 6.45) is 1.03. The van der Waals surface area contributed by atoms with Crippen molar-refractivity contribution in [2.24, 2.45) is 0 Å². The molecule has 1 atom stereocenters. The first kappa shape index (κ1) is 19.2. The molecule has 3 aromatic carbocycles. The number of anilines is 1. The van der Waals surface area contributed by atoms with E-state index >= 15 is 0 Å². The van der Waals surface area contributed by atoms with Gasteiger partial charge < -0.3 is 10.1 Å². The normalized spacial score (nSPS) is 16.1. The minimum absolute atomic E-state index is 0.0127. The SMILES string of the molecule is CCN1CCc2ccc(OCC(=O)Nc3ccccc3)cc2[C@H]1c1ccccc1. The lowest BCUT2D eigenvalue weighted by atomic mass is 9.88. The number of hydrogen-bond acceptors (Lipinski definition) is 3. The Morgan fingerprint density at radius 3 is 2.48 bits per heavy atom. The summed E-state index contributed by atoms with van der Waals surface area (Å²) in [6, 6.07) is 26.5. The predicted molar refractivity (Wildman–Crippen MR) is 116 cm³/mol. The molecule has 3 aromatic rings. The molecule has 0 aromatic heterocycles. The highest BCUT2D eigenvalue weighted by atomic mass is 16.5.